The van der Waals surface area contributed by atoms with Crippen LogP contribution < -0.4 is 5.32 Å². The molecule has 23 heavy (non-hydrogen) atoms. The van der Waals surface area contributed by atoms with Crippen LogP contribution in [0.2, 0.25) is 0 Å². The van der Waals surface area contributed by atoms with Crippen molar-refractivity contribution in [1.29, 1.82) is 0 Å². The Balaban J connectivity index is 0.00000192. The molecular formula is C17H29IN4O. The summed E-state index contributed by atoms with van der Waals surface area (Å²) in [7, 11) is 3.91. The standard InChI is InChI=1S/C17H28N4O.HI/c1-18-17(19-11-15-5-8-20(2)12-15)21-9-6-16(7-10-21)22-13-14-3-4-14;/h5,8,12,14,16H,3-4,6-7,9-11,13H2,1-2H3,(H,18,19);1H. The van der Waals surface area contributed by atoms with Crippen molar-refractivity contribution in [3.8, 4) is 0 Å². The van der Waals surface area contributed by atoms with Gasteiger partial charge in [0.05, 0.1) is 6.10 Å². The molecule has 130 valence electrons. The van der Waals surface area contributed by atoms with E-state index in [-0.39, 0.29) is 24.0 Å². The second-order valence-corrected chi connectivity index (χ2v) is 6.55. The molecule has 0 unspecified atom stereocenters. The third-order valence-corrected chi connectivity index (χ3v) is 4.56. The van der Waals surface area contributed by atoms with Crippen molar-refractivity contribution < 1.29 is 4.74 Å². The van der Waals surface area contributed by atoms with Crippen LogP contribution in [0.3, 0.4) is 0 Å². The number of hydrogen-bond donors (Lipinski definition) is 1. The summed E-state index contributed by atoms with van der Waals surface area (Å²) < 4.78 is 8.08. The molecular weight excluding hydrogens is 403 g/mol. The fraction of sp³-hybridized carbons (Fsp3) is 0.706. The van der Waals surface area contributed by atoms with Gasteiger partial charge in [-0.3, -0.25) is 4.99 Å². The minimum atomic E-state index is 0. The zero-order valence-electron chi connectivity index (χ0n) is 14.2. The van der Waals surface area contributed by atoms with Crippen LogP contribution in [-0.4, -0.2) is 48.3 Å². The fourth-order valence-electron chi connectivity index (χ4n) is 2.97. The van der Waals surface area contributed by atoms with E-state index in [4.69, 9.17) is 4.74 Å². The normalized spacial score (nSPS) is 19.6. The van der Waals surface area contributed by atoms with E-state index in [1.54, 1.807) is 0 Å². The maximum Gasteiger partial charge on any atom is 0.193 e. The third-order valence-electron chi connectivity index (χ3n) is 4.56. The number of rotatable bonds is 5. The molecule has 1 saturated carbocycles. The Morgan fingerprint density at radius 3 is 2.61 bits per heavy atom. The smallest absolute Gasteiger partial charge is 0.193 e. The number of aromatic nitrogens is 1. The first-order valence-electron chi connectivity index (χ1n) is 8.42. The highest BCUT2D eigenvalue weighted by Gasteiger charge is 2.26. The van der Waals surface area contributed by atoms with E-state index in [9.17, 15) is 0 Å². The van der Waals surface area contributed by atoms with Gasteiger partial charge in [-0.25, -0.2) is 0 Å². The summed E-state index contributed by atoms with van der Waals surface area (Å²) in [6.07, 6.45) is 9.62. The summed E-state index contributed by atoms with van der Waals surface area (Å²) in [6.45, 7) is 3.87. The van der Waals surface area contributed by atoms with Gasteiger partial charge < -0.3 is 19.5 Å². The molecule has 1 aliphatic heterocycles. The molecule has 1 aromatic rings. The van der Waals surface area contributed by atoms with E-state index >= 15 is 0 Å². The van der Waals surface area contributed by atoms with E-state index in [2.05, 4.69) is 38.2 Å². The molecule has 0 aromatic carbocycles. The number of aryl methyl sites for hydroxylation is 1. The maximum atomic E-state index is 6.01. The van der Waals surface area contributed by atoms with Gasteiger partial charge >= 0.3 is 0 Å². The van der Waals surface area contributed by atoms with Gasteiger partial charge in [0.1, 0.15) is 0 Å². The minimum absolute atomic E-state index is 0. The monoisotopic (exact) mass is 432 g/mol. The molecule has 2 heterocycles. The van der Waals surface area contributed by atoms with Crippen LogP contribution >= 0.6 is 24.0 Å². The van der Waals surface area contributed by atoms with Crippen LogP contribution in [0, 0.1) is 5.92 Å². The molecule has 6 heteroatoms. The number of piperidine rings is 1. The van der Waals surface area contributed by atoms with Crippen molar-refractivity contribution in [3.63, 3.8) is 0 Å². The van der Waals surface area contributed by atoms with Gasteiger partial charge in [-0.15, -0.1) is 24.0 Å². The number of nitrogens with one attached hydrogen (secondary N) is 1. The fourth-order valence-corrected chi connectivity index (χ4v) is 2.97. The van der Waals surface area contributed by atoms with Crippen molar-refractivity contribution in [1.82, 2.24) is 14.8 Å². The van der Waals surface area contributed by atoms with E-state index in [1.807, 2.05) is 14.1 Å². The van der Waals surface area contributed by atoms with Gasteiger partial charge in [-0.2, -0.15) is 0 Å². The average Bonchev–Trinajstić information content (AvgIpc) is 3.28. The van der Waals surface area contributed by atoms with E-state index in [1.165, 1.54) is 18.4 Å². The van der Waals surface area contributed by atoms with Crippen LogP contribution in [0.15, 0.2) is 23.5 Å². The summed E-state index contributed by atoms with van der Waals surface area (Å²) in [4.78, 5) is 6.77. The summed E-state index contributed by atoms with van der Waals surface area (Å²) in [6, 6.07) is 2.14. The number of ether oxygens (including phenoxy) is 1. The molecule has 0 amide bonds. The highest BCUT2D eigenvalue weighted by molar-refractivity contribution is 14.0. The molecule has 0 radical (unpaired) electrons. The quantitative estimate of drug-likeness (QED) is 0.442. The molecule has 0 bridgehead atoms. The second-order valence-electron chi connectivity index (χ2n) is 6.55. The predicted molar refractivity (Wildman–Crippen MR) is 104 cm³/mol. The average molecular weight is 432 g/mol. The lowest BCUT2D eigenvalue weighted by Gasteiger charge is -2.34. The Kier molecular flexibility index (Phi) is 7.20. The van der Waals surface area contributed by atoms with E-state index < -0.39 is 0 Å². The summed E-state index contributed by atoms with van der Waals surface area (Å²) in [5.74, 6) is 1.86. The van der Waals surface area contributed by atoms with E-state index in [0.29, 0.717) is 6.10 Å². The third kappa shape index (κ3) is 5.67. The van der Waals surface area contributed by atoms with Crippen LogP contribution in [-0.2, 0) is 18.3 Å². The van der Waals surface area contributed by atoms with Crippen LogP contribution in [0.5, 0.6) is 0 Å². The van der Waals surface area contributed by atoms with Crippen molar-refractivity contribution >= 4 is 29.9 Å². The zero-order chi connectivity index (χ0) is 15.4. The molecule has 1 aliphatic carbocycles. The largest absolute Gasteiger partial charge is 0.378 e. The molecule has 1 saturated heterocycles. The number of guanidine groups is 1. The number of halogens is 1. The maximum absolute atomic E-state index is 6.01. The molecule has 2 aliphatic rings. The second kappa shape index (κ2) is 8.92. The first-order chi connectivity index (χ1) is 10.7. The topological polar surface area (TPSA) is 41.8 Å². The summed E-state index contributed by atoms with van der Waals surface area (Å²) in [5, 5.41) is 3.47. The van der Waals surface area contributed by atoms with Crippen molar-refractivity contribution in [2.45, 2.75) is 38.3 Å². The van der Waals surface area contributed by atoms with Gasteiger partial charge in [-0.05, 0) is 43.2 Å². The van der Waals surface area contributed by atoms with E-state index in [0.717, 1.165) is 51.0 Å². The first-order valence-corrected chi connectivity index (χ1v) is 8.42. The molecule has 5 nitrogen and oxygen atoms in total. The minimum Gasteiger partial charge on any atom is -0.378 e. The first kappa shape index (κ1) is 18.6. The van der Waals surface area contributed by atoms with Crippen molar-refractivity contribution in [2.24, 2.45) is 18.0 Å². The Morgan fingerprint density at radius 2 is 2.04 bits per heavy atom. The van der Waals surface area contributed by atoms with Crippen LogP contribution in [0.1, 0.15) is 31.2 Å². The lowest BCUT2D eigenvalue weighted by Crippen LogP contribution is -2.46. The molecule has 0 spiro atoms. The number of hydrogen-bond acceptors (Lipinski definition) is 2. The summed E-state index contributed by atoms with van der Waals surface area (Å²) in [5.41, 5.74) is 1.28. The lowest BCUT2D eigenvalue weighted by molar-refractivity contribution is 0.0131. The molecule has 3 rings (SSSR count). The SMILES string of the molecule is CN=C(NCc1ccn(C)c1)N1CCC(OCC2CC2)CC1.I. The highest BCUT2D eigenvalue weighted by atomic mass is 127. The lowest BCUT2D eigenvalue weighted by atomic mass is 10.1. The van der Waals surface area contributed by atoms with Gasteiger partial charge in [0.15, 0.2) is 5.96 Å². The number of likely N-dealkylation sites (tertiary alicyclic amines) is 1. The number of nitrogens with zero attached hydrogens (tertiary/aromatic N) is 3. The Hall–Kier alpha value is -0.760. The van der Waals surface area contributed by atoms with Gasteiger partial charge in [0.2, 0.25) is 0 Å². The van der Waals surface area contributed by atoms with Crippen molar-refractivity contribution in [3.05, 3.63) is 24.0 Å². The number of aliphatic imine (C=N–C) groups is 1. The molecule has 1 N–H and O–H groups in total. The van der Waals surface area contributed by atoms with Gasteiger partial charge in [0.25, 0.3) is 0 Å². The van der Waals surface area contributed by atoms with Gasteiger partial charge in [0, 0.05) is 52.7 Å². The predicted octanol–water partition coefficient (Wildman–Crippen LogP) is 2.61. The molecule has 2 fully saturated rings. The van der Waals surface area contributed by atoms with Gasteiger partial charge in [-0.1, -0.05) is 0 Å². The zero-order valence-corrected chi connectivity index (χ0v) is 16.5. The molecule has 0 atom stereocenters. The molecule has 1 aromatic heterocycles. The van der Waals surface area contributed by atoms with Crippen molar-refractivity contribution in [2.75, 3.05) is 26.7 Å². The Labute approximate surface area is 156 Å². The highest BCUT2D eigenvalue weighted by Crippen LogP contribution is 2.30. The summed E-state index contributed by atoms with van der Waals surface area (Å²) >= 11 is 0. The Morgan fingerprint density at radius 1 is 1.30 bits per heavy atom. The van der Waals surface area contributed by atoms with Crippen LogP contribution in [0.4, 0.5) is 0 Å². The van der Waals surface area contributed by atoms with Crippen LogP contribution in [0.25, 0.3) is 0 Å². The Bertz CT molecular complexity index is 504.